The lowest BCUT2D eigenvalue weighted by Crippen LogP contribution is -2.36. The van der Waals surface area contributed by atoms with E-state index in [0.717, 1.165) is 66.1 Å². The summed E-state index contributed by atoms with van der Waals surface area (Å²) in [6, 6.07) is 56.2. The monoisotopic (exact) mass is 1210 g/mol. The molecule has 464 valence electrons. The maximum absolute atomic E-state index is 12.7. The van der Waals surface area contributed by atoms with Crippen molar-refractivity contribution < 1.29 is 34.3 Å². The molecule has 0 radical (unpaired) electrons. The van der Waals surface area contributed by atoms with Gasteiger partial charge in [-0.3, -0.25) is 19.4 Å². The van der Waals surface area contributed by atoms with Crippen LogP contribution < -0.4 is 26.5 Å². The van der Waals surface area contributed by atoms with Crippen LogP contribution in [0, 0.1) is 0 Å². The second kappa shape index (κ2) is 28.2. The first-order valence-corrected chi connectivity index (χ1v) is 31.6. The van der Waals surface area contributed by atoms with E-state index in [1.165, 1.54) is 33.9 Å². The first-order valence-electron chi connectivity index (χ1n) is 31.6. The van der Waals surface area contributed by atoms with Gasteiger partial charge >= 0.3 is 14.2 Å². The molecule has 10 rings (SSSR count). The van der Waals surface area contributed by atoms with Crippen molar-refractivity contribution in [3.8, 4) is 11.1 Å². The Morgan fingerprint density at radius 2 is 1.07 bits per heavy atom. The van der Waals surface area contributed by atoms with E-state index in [9.17, 15) is 29.7 Å². The summed E-state index contributed by atoms with van der Waals surface area (Å²) >= 11 is 0. The Hall–Kier alpha value is -8.72. The van der Waals surface area contributed by atoms with Crippen LogP contribution in [0.15, 0.2) is 218 Å². The number of likely N-dealkylation sites (N-methyl/N-ethyl adjacent to an activating group) is 1. The van der Waals surface area contributed by atoms with Crippen LogP contribution in [0.2, 0.25) is 0 Å². The average Bonchev–Trinajstić information content (AvgIpc) is 1.65. The highest BCUT2D eigenvalue weighted by molar-refractivity contribution is 6.59. The number of nitrogens with one attached hydrogen (secondary N) is 2. The number of allylic oxidation sites excluding steroid dienone is 6. The molecule has 91 heavy (non-hydrogen) atoms. The van der Waals surface area contributed by atoms with Crippen LogP contribution in [0.3, 0.4) is 0 Å². The number of carbonyl (C=O) groups excluding carboxylic acids is 2. The molecule has 14 heteroatoms. The third-order valence-electron chi connectivity index (χ3n) is 18.4. The van der Waals surface area contributed by atoms with Gasteiger partial charge in [-0.2, -0.15) is 4.58 Å². The lowest BCUT2D eigenvalue weighted by Gasteiger charge is -2.28. The van der Waals surface area contributed by atoms with Gasteiger partial charge in [0.15, 0.2) is 5.71 Å². The third-order valence-corrected chi connectivity index (χ3v) is 18.4. The number of para-hydroxylation sites is 2. The van der Waals surface area contributed by atoms with Crippen molar-refractivity contribution in [2.24, 2.45) is 0 Å². The van der Waals surface area contributed by atoms with Crippen molar-refractivity contribution in [2.75, 3.05) is 45.2 Å². The summed E-state index contributed by atoms with van der Waals surface area (Å²) in [7, 11) is 0.980. The van der Waals surface area contributed by atoms with Gasteiger partial charge in [-0.15, -0.1) is 0 Å². The van der Waals surface area contributed by atoms with Gasteiger partial charge in [-0.05, 0) is 147 Å². The zero-order chi connectivity index (χ0) is 64.7. The molecular weight excluding hydrogens is 1130 g/mol. The SMILES string of the molecule is C=C(C)C(=O)NCCCN(Cc1ccccc1B(O)O)Cc1c2ccccc2c(CN(CCCNC(=O)C(=C)C)Cc2ccccc2B(O)O)c2cc(-c3ccc(C(=C\C=C4/N(C)c5ccccc5C4(C)C)/C=C/C4=[N+](C)c5ccccc5C4(C)C)cc3)ccc12. The third kappa shape index (κ3) is 14.3. The lowest BCUT2D eigenvalue weighted by molar-refractivity contribution is -0.401. The molecule has 0 spiro atoms. The molecule has 8 aromatic carbocycles. The predicted molar refractivity (Wildman–Crippen MR) is 376 cm³/mol. The number of hydrogen-bond donors (Lipinski definition) is 6. The van der Waals surface area contributed by atoms with E-state index in [2.05, 4.69) is 224 Å². The molecule has 2 amide bonds. The molecule has 12 nitrogen and oxygen atoms in total. The summed E-state index contributed by atoms with van der Waals surface area (Å²) in [5.41, 5.74) is 16.7. The number of anilines is 1. The first kappa shape index (κ1) is 65.2. The highest BCUT2D eigenvalue weighted by atomic mass is 16.4. The predicted octanol–water partition coefficient (Wildman–Crippen LogP) is 11.1. The zero-order valence-electron chi connectivity index (χ0n) is 53.9. The molecule has 0 saturated carbocycles. The van der Waals surface area contributed by atoms with Crippen molar-refractivity contribution >= 4 is 81.2 Å². The Bertz CT molecular complexity index is 4200. The van der Waals surface area contributed by atoms with E-state index in [1.807, 2.05) is 36.4 Å². The molecule has 0 aliphatic carbocycles. The number of nitrogens with zero attached hydrogens (tertiary/aromatic N) is 4. The molecule has 0 fully saturated rings. The molecule has 0 unspecified atom stereocenters. The number of fused-ring (bicyclic) bond motifs is 4. The van der Waals surface area contributed by atoms with Crippen molar-refractivity contribution in [2.45, 2.75) is 91.4 Å². The number of amides is 2. The minimum atomic E-state index is -1.67. The number of rotatable bonds is 25. The fourth-order valence-corrected chi connectivity index (χ4v) is 13.4. The fraction of sp³-hybridized carbons (Fsp3) is 0.260. The molecule has 6 N–H and O–H groups in total. The Morgan fingerprint density at radius 3 is 1.60 bits per heavy atom. The van der Waals surface area contributed by atoms with Crippen LogP contribution in [0.25, 0.3) is 38.2 Å². The van der Waals surface area contributed by atoms with Gasteiger partial charge in [-0.25, -0.2) is 0 Å². The van der Waals surface area contributed by atoms with Crippen molar-refractivity contribution in [3.63, 3.8) is 0 Å². The normalized spacial score (nSPS) is 14.7. The zero-order valence-corrected chi connectivity index (χ0v) is 53.9. The summed E-state index contributed by atoms with van der Waals surface area (Å²) in [5.74, 6) is -0.397. The van der Waals surface area contributed by atoms with Crippen LogP contribution in [0.4, 0.5) is 11.4 Å². The van der Waals surface area contributed by atoms with Gasteiger partial charge in [0.05, 0.1) is 5.41 Å². The number of benzene rings is 8. The molecule has 2 aliphatic rings. The van der Waals surface area contributed by atoms with Crippen molar-refractivity contribution in [1.82, 2.24) is 20.4 Å². The standard InChI is InChI=1S/C77H84B2N6O6/c1-52(2)74(86)80-43-21-45-84(48-58-23-11-17-29-68(58)78(88)89)50-64-60-25-13-14-26-61(60)65(51-85(46-22-44-81-75(87)53(3)4)49-59-24-12-18-30-69(59)79(90)91)63-47-57(37-40-62(63)64)56-35-33-54(34-36-56)55(38-41-72-76(5,6)66-27-15-19-31-70(66)82(72)9)39-42-73-77(7,8)67-28-16-20-32-71(67)83(73)10/h11-20,23-42,47,88-91H,1,3,21-22,43-46,48-51H2,2,4-10H3,(H-,80,81,86,87)/p+1. The van der Waals surface area contributed by atoms with Crippen molar-refractivity contribution in [1.29, 1.82) is 0 Å². The molecule has 0 bridgehead atoms. The highest BCUT2D eigenvalue weighted by Gasteiger charge is 2.43. The summed E-state index contributed by atoms with van der Waals surface area (Å²) in [5, 5.41) is 52.7. The minimum Gasteiger partial charge on any atom is -0.423 e. The van der Waals surface area contributed by atoms with Crippen LogP contribution in [0.5, 0.6) is 0 Å². The second-order valence-electron chi connectivity index (χ2n) is 25.5. The maximum Gasteiger partial charge on any atom is 0.488 e. The van der Waals surface area contributed by atoms with Crippen LogP contribution in [-0.4, -0.2) is 107 Å². The van der Waals surface area contributed by atoms with E-state index in [1.54, 1.807) is 26.0 Å². The topological polar surface area (TPSA) is 152 Å². The Balaban J connectivity index is 1.10. The van der Waals surface area contributed by atoms with Gasteiger partial charge in [0.2, 0.25) is 17.5 Å². The van der Waals surface area contributed by atoms with E-state index in [4.69, 9.17) is 0 Å². The molecule has 0 atom stereocenters. The van der Waals surface area contributed by atoms with E-state index in [0.29, 0.717) is 87.3 Å². The largest absolute Gasteiger partial charge is 0.488 e. The molecule has 0 saturated heterocycles. The minimum absolute atomic E-state index is 0.198. The summed E-state index contributed by atoms with van der Waals surface area (Å²) in [6.45, 7) is 24.0. The summed E-state index contributed by atoms with van der Waals surface area (Å²) in [4.78, 5) is 32.3. The molecule has 8 aromatic rings. The smallest absolute Gasteiger partial charge is 0.423 e. The van der Waals surface area contributed by atoms with Gasteiger partial charge in [0.1, 0.15) is 7.05 Å². The molecule has 2 aliphatic heterocycles. The van der Waals surface area contributed by atoms with E-state index < -0.39 is 14.2 Å². The molecular formula is C77H85B2N6O6+. The summed E-state index contributed by atoms with van der Waals surface area (Å²) in [6.07, 6.45) is 10.3. The number of carbonyl (C=O) groups is 2. The summed E-state index contributed by atoms with van der Waals surface area (Å²) < 4.78 is 2.31. The lowest BCUT2D eigenvalue weighted by atomic mass is 9.77. The van der Waals surface area contributed by atoms with Crippen molar-refractivity contribution in [3.05, 3.63) is 257 Å². The average molecular weight is 1210 g/mol. The van der Waals surface area contributed by atoms with Crippen LogP contribution >= 0.6 is 0 Å². The number of hydrogen-bond acceptors (Lipinski definition) is 9. The quantitative estimate of drug-likeness (QED) is 0.00820. The van der Waals surface area contributed by atoms with Crippen LogP contribution in [-0.2, 0) is 46.6 Å². The van der Waals surface area contributed by atoms with Gasteiger partial charge in [-0.1, -0.05) is 179 Å². The van der Waals surface area contributed by atoms with Gasteiger partial charge in [0.25, 0.3) is 0 Å². The van der Waals surface area contributed by atoms with E-state index in [-0.39, 0.29) is 22.6 Å². The second-order valence-corrected chi connectivity index (χ2v) is 25.5. The Labute approximate surface area is 537 Å². The maximum atomic E-state index is 12.7. The molecule has 0 aromatic heterocycles. The Kier molecular flexibility index (Phi) is 20.2. The highest BCUT2D eigenvalue weighted by Crippen LogP contribution is 2.47. The van der Waals surface area contributed by atoms with Gasteiger partial charge in [0, 0.05) is 105 Å². The van der Waals surface area contributed by atoms with Crippen LogP contribution in [0.1, 0.15) is 93.3 Å². The Morgan fingerprint density at radius 1 is 0.582 bits per heavy atom. The van der Waals surface area contributed by atoms with E-state index >= 15 is 0 Å². The van der Waals surface area contributed by atoms with Gasteiger partial charge < -0.3 is 35.6 Å². The fourth-order valence-electron chi connectivity index (χ4n) is 13.4. The molecule has 2 heterocycles. The first-order chi connectivity index (χ1) is 43.6.